The normalized spacial score (nSPS) is 10.9. The molecule has 0 N–H and O–H groups in total. The summed E-state index contributed by atoms with van der Waals surface area (Å²) in [7, 11) is 1.51. The molecule has 0 bridgehead atoms. The minimum Gasteiger partial charge on any atom is -0.443 e. The number of rotatable bonds is 2. The van der Waals surface area contributed by atoms with Gasteiger partial charge in [0.2, 0.25) is 5.95 Å². The van der Waals surface area contributed by atoms with Crippen molar-refractivity contribution in [2.24, 2.45) is 0 Å². The van der Waals surface area contributed by atoms with Gasteiger partial charge in [0.05, 0.1) is 5.56 Å². The van der Waals surface area contributed by atoms with E-state index in [4.69, 9.17) is 4.74 Å². The van der Waals surface area contributed by atoms with Gasteiger partial charge in [-0.25, -0.2) is 19.7 Å². The molecular weight excluding hydrogens is 234 g/mol. The quantitative estimate of drug-likeness (QED) is 0.752. The van der Waals surface area contributed by atoms with E-state index in [9.17, 15) is 9.59 Å². The van der Waals surface area contributed by atoms with Crippen molar-refractivity contribution in [3.8, 4) is 0 Å². The Bertz CT molecular complexity index is 449. The predicted octanol–water partition coefficient (Wildman–Crippen LogP) is 2.05. The van der Waals surface area contributed by atoms with Crippen molar-refractivity contribution >= 4 is 17.8 Å². The molecule has 98 valence electrons. The number of carbonyl (C=O) groups excluding carboxylic acids is 2. The van der Waals surface area contributed by atoms with Gasteiger partial charge in [-0.2, -0.15) is 0 Å². The molecule has 0 aliphatic heterocycles. The van der Waals surface area contributed by atoms with Crippen molar-refractivity contribution in [3.05, 3.63) is 18.0 Å². The first-order chi connectivity index (χ1) is 8.20. The first-order valence-electron chi connectivity index (χ1n) is 5.50. The molecule has 1 aromatic heterocycles. The van der Waals surface area contributed by atoms with Crippen LogP contribution in [0, 0.1) is 0 Å². The molecule has 0 spiro atoms. The largest absolute Gasteiger partial charge is 0.443 e. The molecule has 18 heavy (non-hydrogen) atoms. The number of Topliss-reactive ketones (excluding diaryl/α,β-unsaturated/α-hetero) is 1. The monoisotopic (exact) mass is 251 g/mol. The molecule has 1 rings (SSSR count). The third-order valence-electron chi connectivity index (χ3n) is 2.01. The Kier molecular flexibility index (Phi) is 4.00. The summed E-state index contributed by atoms with van der Waals surface area (Å²) in [6.45, 7) is 6.76. The lowest BCUT2D eigenvalue weighted by atomic mass is 10.2. The van der Waals surface area contributed by atoms with Gasteiger partial charge in [0, 0.05) is 19.4 Å². The highest BCUT2D eigenvalue weighted by Crippen LogP contribution is 2.12. The highest BCUT2D eigenvalue weighted by Gasteiger charge is 2.21. The average Bonchev–Trinajstić information content (AvgIpc) is 2.26. The van der Waals surface area contributed by atoms with Crippen LogP contribution in [0.1, 0.15) is 38.1 Å². The lowest BCUT2D eigenvalue weighted by Gasteiger charge is -2.23. The van der Waals surface area contributed by atoms with Crippen LogP contribution in [0.25, 0.3) is 0 Å². The highest BCUT2D eigenvalue weighted by molar-refractivity contribution is 5.93. The Morgan fingerprint density at radius 2 is 1.72 bits per heavy atom. The topological polar surface area (TPSA) is 72.4 Å². The summed E-state index contributed by atoms with van der Waals surface area (Å²) in [5.41, 5.74) is -0.179. The van der Waals surface area contributed by atoms with Crippen molar-refractivity contribution < 1.29 is 14.3 Å². The maximum Gasteiger partial charge on any atom is 0.416 e. The number of hydrogen-bond donors (Lipinski definition) is 0. The molecule has 0 saturated carbocycles. The molecule has 6 heteroatoms. The van der Waals surface area contributed by atoms with E-state index < -0.39 is 11.7 Å². The molecule has 6 nitrogen and oxygen atoms in total. The van der Waals surface area contributed by atoms with Crippen LogP contribution in [0.15, 0.2) is 12.4 Å². The van der Waals surface area contributed by atoms with Gasteiger partial charge in [0.25, 0.3) is 0 Å². The van der Waals surface area contributed by atoms with E-state index >= 15 is 0 Å². The van der Waals surface area contributed by atoms with Gasteiger partial charge in [0.1, 0.15) is 5.60 Å². The van der Waals surface area contributed by atoms with Gasteiger partial charge in [-0.3, -0.25) is 4.79 Å². The lowest BCUT2D eigenvalue weighted by Crippen LogP contribution is -2.35. The Hall–Kier alpha value is -1.98. The molecule has 0 aliphatic carbocycles. The van der Waals surface area contributed by atoms with Crippen molar-refractivity contribution in [2.75, 3.05) is 11.9 Å². The van der Waals surface area contributed by atoms with Crippen molar-refractivity contribution in [1.82, 2.24) is 9.97 Å². The summed E-state index contributed by atoms with van der Waals surface area (Å²) >= 11 is 0. The van der Waals surface area contributed by atoms with Gasteiger partial charge in [0.15, 0.2) is 5.78 Å². The number of nitrogens with zero attached hydrogens (tertiary/aromatic N) is 3. The number of anilines is 1. The van der Waals surface area contributed by atoms with Crippen LogP contribution in [0.5, 0.6) is 0 Å². The third kappa shape index (κ3) is 3.80. The molecule has 1 aromatic rings. The van der Waals surface area contributed by atoms with E-state index in [1.807, 2.05) is 0 Å². The summed E-state index contributed by atoms with van der Waals surface area (Å²) in [4.78, 5) is 31.9. The molecule has 1 heterocycles. The molecule has 0 aromatic carbocycles. The molecule has 0 atom stereocenters. The fourth-order valence-corrected chi connectivity index (χ4v) is 1.09. The number of carbonyl (C=O) groups is 2. The highest BCUT2D eigenvalue weighted by atomic mass is 16.6. The summed E-state index contributed by atoms with van der Waals surface area (Å²) in [5.74, 6) is 0.0655. The van der Waals surface area contributed by atoms with Crippen LogP contribution < -0.4 is 4.90 Å². The summed E-state index contributed by atoms with van der Waals surface area (Å²) in [6, 6.07) is 0. The van der Waals surface area contributed by atoms with E-state index in [1.54, 1.807) is 20.8 Å². The summed E-state index contributed by atoms with van der Waals surface area (Å²) < 4.78 is 5.17. The fraction of sp³-hybridized carbons (Fsp3) is 0.500. The zero-order chi connectivity index (χ0) is 13.9. The maximum atomic E-state index is 11.7. The number of hydrogen-bond acceptors (Lipinski definition) is 5. The van der Waals surface area contributed by atoms with Crippen molar-refractivity contribution in [2.45, 2.75) is 33.3 Å². The number of amides is 1. The van der Waals surface area contributed by atoms with Gasteiger partial charge >= 0.3 is 6.09 Å². The molecule has 0 radical (unpaired) electrons. The van der Waals surface area contributed by atoms with Crippen molar-refractivity contribution in [3.63, 3.8) is 0 Å². The van der Waals surface area contributed by atoms with E-state index in [0.29, 0.717) is 5.56 Å². The first-order valence-corrected chi connectivity index (χ1v) is 5.50. The number of aromatic nitrogens is 2. The molecule has 1 amide bonds. The molecular formula is C12H17N3O3. The van der Waals surface area contributed by atoms with Crippen LogP contribution in [-0.4, -0.2) is 34.5 Å². The van der Waals surface area contributed by atoms with Crippen LogP contribution >= 0.6 is 0 Å². The second-order valence-electron chi connectivity index (χ2n) is 4.87. The zero-order valence-electron chi connectivity index (χ0n) is 11.2. The second-order valence-corrected chi connectivity index (χ2v) is 4.87. The Balaban J connectivity index is 2.81. The van der Waals surface area contributed by atoms with Crippen LogP contribution in [-0.2, 0) is 4.74 Å². The Labute approximate surface area is 106 Å². The SMILES string of the molecule is CC(=O)c1cnc(N(C)C(=O)OC(C)(C)C)nc1. The van der Waals surface area contributed by atoms with E-state index in [0.717, 1.165) is 0 Å². The molecule has 0 aliphatic rings. The minimum absolute atomic E-state index is 0.124. The molecule has 0 fully saturated rings. The van der Waals surface area contributed by atoms with E-state index in [-0.39, 0.29) is 11.7 Å². The van der Waals surface area contributed by atoms with E-state index in [1.165, 1.54) is 31.3 Å². The standard InChI is InChI=1S/C12H17N3O3/c1-8(16)9-6-13-10(14-7-9)15(5)11(17)18-12(2,3)4/h6-7H,1-5H3. The summed E-state index contributed by atoms with van der Waals surface area (Å²) in [6.07, 6.45) is 2.22. The van der Waals surface area contributed by atoms with Gasteiger partial charge in [-0.15, -0.1) is 0 Å². The number of ether oxygens (including phenoxy) is 1. The fourth-order valence-electron chi connectivity index (χ4n) is 1.09. The van der Waals surface area contributed by atoms with Gasteiger partial charge in [-0.1, -0.05) is 0 Å². The van der Waals surface area contributed by atoms with E-state index in [2.05, 4.69) is 9.97 Å². The second kappa shape index (κ2) is 5.12. The summed E-state index contributed by atoms with van der Waals surface area (Å²) in [5, 5.41) is 0. The predicted molar refractivity (Wildman–Crippen MR) is 66.7 cm³/mol. The first kappa shape index (κ1) is 14.1. The smallest absolute Gasteiger partial charge is 0.416 e. The Morgan fingerprint density at radius 1 is 1.22 bits per heavy atom. The average molecular weight is 251 g/mol. The van der Waals surface area contributed by atoms with Crippen molar-refractivity contribution in [1.29, 1.82) is 0 Å². The number of ketones is 1. The lowest BCUT2D eigenvalue weighted by molar-refractivity contribution is 0.0587. The Morgan fingerprint density at radius 3 is 2.11 bits per heavy atom. The van der Waals surface area contributed by atoms with Crippen LogP contribution in [0.2, 0.25) is 0 Å². The molecule has 0 unspecified atom stereocenters. The molecule has 0 saturated heterocycles. The zero-order valence-corrected chi connectivity index (χ0v) is 11.2. The van der Waals surface area contributed by atoms with Crippen LogP contribution in [0.4, 0.5) is 10.7 Å². The van der Waals surface area contributed by atoms with Gasteiger partial charge in [-0.05, 0) is 27.7 Å². The third-order valence-corrected chi connectivity index (χ3v) is 2.01. The minimum atomic E-state index is -0.579. The maximum absolute atomic E-state index is 11.7. The van der Waals surface area contributed by atoms with Gasteiger partial charge < -0.3 is 4.74 Å². The van der Waals surface area contributed by atoms with Crippen LogP contribution in [0.3, 0.4) is 0 Å².